The molecule has 110 valence electrons. The number of hydrogen-bond acceptors (Lipinski definition) is 3. The molecule has 1 aliphatic heterocycles. The van der Waals surface area contributed by atoms with Crippen LogP contribution in [0.25, 0.3) is 0 Å². The van der Waals surface area contributed by atoms with Crippen LogP contribution in [-0.2, 0) is 17.8 Å². The molecule has 0 unspecified atom stereocenters. The number of carboxylic acids is 1. The zero-order valence-electron chi connectivity index (χ0n) is 12.2. The third-order valence-corrected chi connectivity index (χ3v) is 3.86. The standard InChI is InChI=1S/C16H24N2O2/c1-2-7-17-8-10-18(11-9-17)13-15-6-4-3-5-14(15)12-16(19)20/h3-6H,2,7-13H2,1H3,(H,19,20). The van der Waals surface area contributed by atoms with Crippen LogP contribution in [0, 0.1) is 0 Å². The largest absolute Gasteiger partial charge is 0.481 e. The maximum atomic E-state index is 10.9. The van der Waals surface area contributed by atoms with Gasteiger partial charge in [0.2, 0.25) is 0 Å². The Morgan fingerprint density at radius 2 is 1.70 bits per heavy atom. The van der Waals surface area contributed by atoms with Gasteiger partial charge in [-0.1, -0.05) is 31.2 Å². The lowest BCUT2D eigenvalue weighted by Gasteiger charge is -2.34. The summed E-state index contributed by atoms with van der Waals surface area (Å²) in [5.41, 5.74) is 2.09. The van der Waals surface area contributed by atoms with E-state index in [0.717, 1.165) is 43.9 Å². The first-order valence-electron chi connectivity index (χ1n) is 7.42. The second kappa shape index (κ2) is 7.41. The molecule has 2 rings (SSSR count). The van der Waals surface area contributed by atoms with Crippen molar-refractivity contribution in [2.75, 3.05) is 32.7 Å². The zero-order valence-corrected chi connectivity index (χ0v) is 12.2. The van der Waals surface area contributed by atoms with E-state index in [4.69, 9.17) is 5.11 Å². The number of benzene rings is 1. The number of hydrogen-bond donors (Lipinski definition) is 1. The Morgan fingerprint density at radius 3 is 2.30 bits per heavy atom. The van der Waals surface area contributed by atoms with E-state index >= 15 is 0 Å². The molecule has 4 heteroatoms. The monoisotopic (exact) mass is 276 g/mol. The third kappa shape index (κ3) is 4.32. The second-order valence-electron chi connectivity index (χ2n) is 5.46. The SMILES string of the molecule is CCCN1CCN(Cc2ccccc2CC(=O)O)CC1. The number of piperazine rings is 1. The van der Waals surface area contributed by atoms with Crippen molar-refractivity contribution in [3.63, 3.8) is 0 Å². The van der Waals surface area contributed by atoms with Crippen LogP contribution >= 0.6 is 0 Å². The van der Waals surface area contributed by atoms with Crippen molar-refractivity contribution in [2.24, 2.45) is 0 Å². The minimum absolute atomic E-state index is 0.117. The van der Waals surface area contributed by atoms with Gasteiger partial charge >= 0.3 is 5.97 Å². The van der Waals surface area contributed by atoms with Crippen LogP contribution in [0.4, 0.5) is 0 Å². The Kier molecular flexibility index (Phi) is 5.56. The Bertz CT molecular complexity index is 440. The number of carbonyl (C=O) groups is 1. The van der Waals surface area contributed by atoms with Gasteiger partial charge in [-0.05, 0) is 24.1 Å². The fourth-order valence-corrected chi connectivity index (χ4v) is 2.78. The summed E-state index contributed by atoms with van der Waals surface area (Å²) in [5, 5.41) is 8.97. The molecule has 1 aromatic rings. The van der Waals surface area contributed by atoms with Gasteiger partial charge in [-0.15, -0.1) is 0 Å². The minimum atomic E-state index is -0.759. The lowest BCUT2D eigenvalue weighted by molar-refractivity contribution is -0.136. The third-order valence-electron chi connectivity index (χ3n) is 3.86. The van der Waals surface area contributed by atoms with Crippen LogP contribution in [0.1, 0.15) is 24.5 Å². The van der Waals surface area contributed by atoms with E-state index in [1.165, 1.54) is 13.0 Å². The van der Waals surface area contributed by atoms with Gasteiger partial charge in [0.1, 0.15) is 0 Å². The molecule has 20 heavy (non-hydrogen) atoms. The maximum absolute atomic E-state index is 10.9. The van der Waals surface area contributed by atoms with Crippen LogP contribution < -0.4 is 0 Å². The van der Waals surface area contributed by atoms with E-state index in [1.807, 2.05) is 18.2 Å². The van der Waals surface area contributed by atoms with Gasteiger partial charge < -0.3 is 10.0 Å². The highest BCUT2D eigenvalue weighted by Crippen LogP contribution is 2.14. The van der Waals surface area contributed by atoms with E-state index in [2.05, 4.69) is 22.8 Å². The van der Waals surface area contributed by atoms with Crippen LogP contribution in [0.15, 0.2) is 24.3 Å². The van der Waals surface area contributed by atoms with E-state index in [-0.39, 0.29) is 6.42 Å². The molecule has 0 atom stereocenters. The van der Waals surface area contributed by atoms with Crippen LogP contribution in [-0.4, -0.2) is 53.6 Å². The molecule has 0 aromatic heterocycles. The summed E-state index contributed by atoms with van der Waals surface area (Å²) in [6, 6.07) is 7.89. The van der Waals surface area contributed by atoms with Gasteiger partial charge in [-0.25, -0.2) is 0 Å². The van der Waals surface area contributed by atoms with Crippen LogP contribution in [0.3, 0.4) is 0 Å². The van der Waals surface area contributed by atoms with Gasteiger partial charge in [0.15, 0.2) is 0 Å². The lowest BCUT2D eigenvalue weighted by Crippen LogP contribution is -2.46. The molecule has 1 N–H and O–H groups in total. The van der Waals surface area contributed by atoms with Crippen molar-refractivity contribution in [2.45, 2.75) is 26.3 Å². The zero-order chi connectivity index (χ0) is 14.4. The fourth-order valence-electron chi connectivity index (χ4n) is 2.78. The second-order valence-corrected chi connectivity index (χ2v) is 5.46. The average Bonchev–Trinajstić information content (AvgIpc) is 2.43. The Morgan fingerprint density at radius 1 is 1.10 bits per heavy atom. The first kappa shape index (κ1) is 15.0. The Hall–Kier alpha value is -1.39. The van der Waals surface area contributed by atoms with Gasteiger partial charge in [-0.3, -0.25) is 9.69 Å². The van der Waals surface area contributed by atoms with E-state index < -0.39 is 5.97 Å². The quantitative estimate of drug-likeness (QED) is 0.861. The molecular weight excluding hydrogens is 252 g/mol. The molecule has 0 bridgehead atoms. The molecule has 4 nitrogen and oxygen atoms in total. The fraction of sp³-hybridized carbons (Fsp3) is 0.562. The Labute approximate surface area is 121 Å². The first-order valence-corrected chi connectivity index (χ1v) is 7.42. The van der Waals surface area contributed by atoms with E-state index in [1.54, 1.807) is 0 Å². The highest BCUT2D eigenvalue weighted by molar-refractivity contribution is 5.70. The lowest BCUT2D eigenvalue weighted by atomic mass is 10.0. The molecule has 1 fully saturated rings. The van der Waals surface area contributed by atoms with Crippen LogP contribution in [0.5, 0.6) is 0 Å². The highest BCUT2D eigenvalue weighted by atomic mass is 16.4. The molecule has 1 aliphatic rings. The van der Waals surface area contributed by atoms with E-state index in [0.29, 0.717) is 0 Å². The predicted molar refractivity (Wildman–Crippen MR) is 79.8 cm³/mol. The van der Waals surface area contributed by atoms with Crippen molar-refractivity contribution in [1.29, 1.82) is 0 Å². The smallest absolute Gasteiger partial charge is 0.307 e. The predicted octanol–water partition coefficient (Wildman–Crippen LogP) is 1.84. The van der Waals surface area contributed by atoms with Gasteiger partial charge in [0.25, 0.3) is 0 Å². The molecule has 1 saturated heterocycles. The van der Waals surface area contributed by atoms with Crippen molar-refractivity contribution < 1.29 is 9.90 Å². The topological polar surface area (TPSA) is 43.8 Å². The van der Waals surface area contributed by atoms with Crippen molar-refractivity contribution in [3.8, 4) is 0 Å². The molecule has 0 amide bonds. The molecule has 1 aromatic carbocycles. The Balaban J connectivity index is 1.92. The summed E-state index contributed by atoms with van der Waals surface area (Å²) in [6.07, 6.45) is 1.33. The number of rotatable bonds is 6. The molecular formula is C16H24N2O2. The van der Waals surface area contributed by atoms with Crippen molar-refractivity contribution in [1.82, 2.24) is 9.80 Å². The number of carboxylic acid groups (broad SMARTS) is 1. The molecule has 0 aliphatic carbocycles. The molecule has 1 heterocycles. The number of aliphatic carboxylic acids is 1. The van der Waals surface area contributed by atoms with Crippen molar-refractivity contribution >= 4 is 5.97 Å². The molecule has 0 spiro atoms. The summed E-state index contributed by atoms with van der Waals surface area (Å²) in [4.78, 5) is 15.8. The summed E-state index contributed by atoms with van der Waals surface area (Å²) in [6.45, 7) is 8.65. The van der Waals surface area contributed by atoms with E-state index in [9.17, 15) is 4.79 Å². The van der Waals surface area contributed by atoms with Gasteiger partial charge in [-0.2, -0.15) is 0 Å². The van der Waals surface area contributed by atoms with Gasteiger partial charge in [0.05, 0.1) is 6.42 Å². The maximum Gasteiger partial charge on any atom is 0.307 e. The summed E-state index contributed by atoms with van der Waals surface area (Å²) in [7, 11) is 0. The summed E-state index contributed by atoms with van der Waals surface area (Å²) >= 11 is 0. The highest BCUT2D eigenvalue weighted by Gasteiger charge is 2.17. The van der Waals surface area contributed by atoms with Gasteiger partial charge in [0, 0.05) is 32.7 Å². The molecule has 0 saturated carbocycles. The average molecular weight is 276 g/mol. The normalized spacial score (nSPS) is 17.2. The summed E-state index contributed by atoms with van der Waals surface area (Å²) < 4.78 is 0. The van der Waals surface area contributed by atoms with Crippen molar-refractivity contribution in [3.05, 3.63) is 35.4 Å². The van der Waals surface area contributed by atoms with Crippen LogP contribution in [0.2, 0.25) is 0 Å². The molecule has 0 radical (unpaired) electrons. The summed E-state index contributed by atoms with van der Waals surface area (Å²) in [5.74, 6) is -0.759. The minimum Gasteiger partial charge on any atom is -0.481 e. The number of nitrogens with zero attached hydrogens (tertiary/aromatic N) is 2. The first-order chi connectivity index (χ1) is 9.69.